The van der Waals surface area contributed by atoms with Gasteiger partial charge in [0, 0.05) is 0 Å². The fourth-order valence-corrected chi connectivity index (χ4v) is 2.42. The predicted octanol–water partition coefficient (Wildman–Crippen LogP) is 3.63. The van der Waals surface area contributed by atoms with E-state index < -0.39 is 5.82 Å². The molecule has 20 heavy (non-hydrogen) atoms. The van der Waals surface area contributed by atoms with Gasteiger partial charge >= 0.3 is 0 Å². The molecular weight excluding hydrogens is 256 g/mol. The zero-order valence-electron chi connectivity index (χ0n) is 11.6. The summed E-state index contributed by atoms with van der Waals surface area (Å²) >= 11 is 0. The topological polar surface area (TPSA) is 26.0 Å². The smallest absolute Gasteiger partial charge is 0.126 e. The Morgan fingerprint density at radius 2 is 1.85 bits per heavy atom. The molecule has 1 nitrogen and oxygen atoms in total. The van der Waals surface area contributed by atoms with Gasteiger partial charge < -0.3 is 5.73 Å². The number of halogens is 2. The molecule has 0 aliphatic rings. The van der Waals surface area contributed by atoms with E-state index in [2.05, 4.69) is 6.07 Å². The normalized spacial score (nSPS) is 12.4. The minimum Gasteiger partial charge on any atom is -0.330 e. The van der Waals surface area contributed by atoms with Gasteiger partial charge in [-0.05, 0) is 61.6 Å². The van der Waals surface area contributed by atoms with E-state index in [0.717, 1.165) is 12.5 Å². The number of aryl methyl sites for hydroxylation is 1. The number of hydrogen-bond acceptors (Lipinski definition) is 1. The molecule has 2 rings (SSSR count). The van der Waals surface area contributed by atoms with Crippen LogP contribution < -0.4 is 5.73 Å². The minimum atomic E-state index is -0.410. The van der Waals surface area contributed by atoms with Gasteiger partial charge in [0.25, 0.3) is 0 Å². The number of benzene rings is 2. The fraction of sp³-hybridized carbons (Fsp3) is 0.294. The van der Waals surface area contributed by atoms with Gasteiger partial charge in [0.1, 0.15) is 11.6 Å². The molecule has 0 bridgehead atoms. The van der Waals surface area contributed by atoms with Crippen molar-refractivity contribution in [2.45, 2.75) is 19.8 Å². The first-order valence-electron chi connectivity index (χ1n) is 6.78. The van der Waals surface area contributed by atoms with Gasteiger partial charge in [-0.15, -0.1) is 0 Å². The van der Waals surface area contributed by atoms with Crippen molar-refractivity contribution in [3.05, 3.63) is 70.8 Å². The van der Waals surface area contributed by atoms with Gasteiger partial charge in [-0.25, -0.2) is 8.78 Å². The van der Waals surface area contributed by atoms with Gasteiger partial charge in [0.2, 0.25) is 0 Å². The van der Waals surface area contributed by atoms with Crippen molar-refractivity contribution in [2.24, 2.45) is 11.7 Å². The molecule has 0 heterocycles. The molecule has 3 heteroatoms. The maximum Gasteiger partial charge on any atom is 0.126 e. The Balaban J connectivity index is 2.11. The van der Waals surface area contributed by atoms with E-state index in [1.165, 1.54) is 23.3 Å². The molecule has 0 saturated carbocycles. The third kappa shape index (κ3) is 3.87. The number of rotatable bonds is 5. The predicted molar refractivity (Wildman–Crippen MR) is 77.5 cm³/mol. The highest BCUT2D eigenvalue weighted by molar-refractivity contribution is 5.24. The maximum atomic E-state index is 13.7. The molecule has 0 aliphatic heterocycles. The first-order valence-corrected chi connectivity index (χ1v) is 6.78. The largest absolute Gasteiger partial charge is 0.330 e. The van der Waals surface area contributed by atoms with Crippen LogP contribution in [0.1, 0.15) is 16.7 Å². The zero-order valence-corrected chi connectivity index (χ0v) is 11.6. The molecular formula is C17H19F2N. The highest BCUT2D eigenvalue weighted by Crippen LogP contribution is 2.18. The second kappa shape index (κ2) is 6.62. The summed E-state index contributed by atoms with van der Waals surface area (Å²) in [6.07, 6.45) is 1.22. The molecule has 0 aliphatic carbocycles. The molecule has 0 amide bonds. The lowest BCUT2D eigenvalue weighted by atomic mass is 9.92. The first kappa shape index (κ1) is 14.7. The van der Waals surface area contributed by atoms with E-state index in [9.17, 15) is 8.78 Å². The standard InChI is InChI=1S/C17H19F2N/c1-12-3-2-4-13(7-12)8-14(11-20)9-15-10-16(18)5-6-17(15)19/h2-7,10,14H,8-9,11,20H2,1H3. The third-order valence-corrected chi connectivity index (χ3v) is 3.46. The summed E-state index contributed by atoms with van der Waals surface area (Å²) in [4.78, 5) is 0. The Labute approximate surface area is 118 Å². The number of hydrogen-bond donors (Lipinski definition) is 1. The summed E-state index contributed by atoms with van der Waals surface area (Å²) in [5.74, 6) is -0.671. The van der Waals surface area contributed by atoms with Crippen molar-refractivity contribution >= 4 is 0 Å². The molecule has 0 aromatic heterocycles. The van der Waals surface area contributed by atoms with Crippen molar-refractivity contribution in [3.8, 4) is 0 Å². The zero-order chi connectivity index (χ0) is 14.5. The summed E-state index contributed by atoms with van der Waals surface area (Å²) in [6, 6.07) is 11.7. The van der Waals surface area contributed by atoms with Gasteiger partial charge in [-0.3, -0.25) is 0 Å². The van der Waals surface area contributed by atoms with Gasteiger partial charge in [-0.2, -0.15) is 0 Å². The maximum absolute atomic E-state index is 13.7. The van der Waals surface area contributed by atoms with E-state index in [0.29, 0.717) is 18.5 Å². The van der Waals surface area contributed by atoms with Crippen LogP contribution in [-0.4, -0.2) is 6.54 Å². The van der Waals surface area contributed by atoms with Crippen LogP contribution in [0.4, 0.5) is 8.78 Å². The van der Waals surface area contributed by atoms with Crippen molar-refractivity contribution in [1.82, 2.24) is 0 Å². The van der Waals surface area contributed by atoms with E-state index >= 15 is 0 Å². The van der Waals surface area contributed by atoms with Gasteiger partial charge in [0.05, 0.1) is 0 Å². The summed E-state index contributed by atoms with van der Waals surface area (Å²) in [5.41, 5.74) is 8.54. The van der Waals surface area contributed by atoms with Crippen LogP contribution in [0.3, 0.4) is 0 Å². The minimum absolute atomic E-state index is 0.105. The second-order valence-corrected chi connectivity index (χ2v) is 5.23. The summed E-state index contributed by atoms with van der Waals surface area (Å²) < 4.78 is 26.8. The van der Waals surface area contributed by atoms with Crippen molar-refractivity contribution in [2.75, 3.05) is 6.54 Å². The highest BCUT2D eigenvalue weighted by atomic mass is 19.1. The van der Waals surface area contributed by atoms with Gasteiger partial charge in [-0.1, -0.05) is 29.8 Å². The molecule has 0 saturated heterocycles. The monoisotopic (exact) mass is 275 g/mol. The quantitative estimate of drug-likeness (QED) is 0.886. The van der Waals surface area contributed by atoms with Crippen LogP contribution in [0, 0.1) is 24.5 Å². The van der Waals surface area contributed by atoms with Crippen LogP contribution in [0.15, 0.2) is 42.5 Å². The molecule has 1 unspecified atom stereocenters. The summed E-state index contributed by atoms with van der Waals surface area (Å²) in [5, 5.41) is 0. The SMILES string of the molecule is Cc1cccc(CC(CN)Cc2cc(F)ccc2F)c1. The van der Waals surface area contributed by atoms with Crippen LogP contribution >= 0.6 is 0 Å². The first-order chi connectivity index (χ1) is 9.58. The van der Waals surface area contributed by atoms with Crippen molar-refractivity contribution in [3.63, 3.8) is 0 Å². The Morgan fingerprint density at radius 1 is 1.05 bits per heavy atom. The molecule has 2 N–H and O–H groups in total. The molecule has 2 aromatic carbocycles. The molecule has 106 valence electrons. The van der Waals surface area contributed by atoms with Crippen LogP contribution in [0.2, 0.25) is 0 Å². The Bertz CT molecular complexity index is 581. The fourth-order valence-electron chi connectivity index (χ4n) is 2.42. The molecule has 2 aromatic rings. The lowest BCUT2D eigenvalue weighted by molar-refractivity contribution is 0.506. The molecule has 0 spiro atoms. The van der Waals surface area contributed by atoms with Crippen LogP contribution in [0.5, 0.6) is 0 Å². The molecule has 0 radical (unpaired) electrons. The number of nitrogens with two attached hydrogens (primary N) is 1. The average Bonchev–Trinajstić information content (AvgIpc) is 2.42. The van der Waals surface area contributed by atoms with E-state index in [-0.39, 0.29) is 11.7 Å². The summed E-state index contributed by atoms with van der Waals surface area (Å²) in [6.45, 7) is 2.48. The average molecular weight is 275 g/mol. The summed E-state index contributed by atoms with van der Waals surface area (Å²) in [7, 11) is 0. The van der Waals surface area contributed by atoms with E-state index in [4.69, 9.17) is 5.73 Å². The van der Waals surface area contributed by atoms with E-state index in [1.807, 2.05) is 25.1 Å². The Hall–Kier alpha value is -1.74. The van der Waals surface area contributed by atoms with Gasteiger partial charge in [0.15, 0.2) is 0 Å². The second-order valence-electron chi connectivity index (χ2n) is 5.23. The van der Waals surface area contributed by atoms with Crippen LogP contribution in [0.25, 0.3) is 0 Å². The van der Waals surface area contributed by atoms with Crippen molar-refractivity contribution in [1.29, 1.82) is 0 Å². The van der Waals surface area contributed by atoms with Crippen LogP contribution in [-0.2, 0) is 12.8 Å². The highest BCUT2D eigenvalue weighted by Gasteiger charge is 2.13. The van der Waals surface area contributed by atoms with Crippen molar-refractivity contribution < 1.29 is 8.78 Å². The molecule has 0 fully saturated rings. The third-order valence-electron chi connectivity index (χ3n) is 3.46. The molecule has 1 atom stereocenters. The Morgan fingerprint density at radius 3 is 2.55 bits per heavy atom. The lowest BCUT2D eigenvalue weighted by Crippen LogP contribution is -2.20. The van der Waals surface area contributed by atoms with E-state index in [1.54, 1.807) is 0 Å². The lowest BCUT2D eigenvalue weighted by Gasteiger charge is -2.16. The Kier molecular flexibility index (Phi) is 4.85.